The Morgan fingerprint density at radius 2 is 1.47 bits per heavy atom. The second kappa shape index (κ2) is 7.72. The lowest BCUT2D eigenvalue weighted by atomic mass is 9.86. The van der Waals surface area contributed by atoms with Crippen LogP contribution in [0.1, 0.15) is 38.5 Å². The molecule has 0 spiro atoms. The second-order valence-electron chi connectivity index (χ2n) is 4.79. The van der Waals surface area contributed by atoms with E-state index in [4.69, 9.17) is 5.73 Å². The number of halogens is 2. The molecule has 2 N–H and O–H groups in total. The van der Waals surface area contributed by atoms with E-state index in [2.05, 4.69) is 4.90 Å². The number of hydrogen-bond acceptors (Lipinski definition) is 2. The number of hydrogen-bond donors (Lipinski definition) is 1. The molecule has 0 amide bonds. The van der Waals surface area contributed by atoms with Crippen molar-refractivity contribution in [2.45, 2.75) is 44.6 Å². The molecule has 0 atom stereocenters. The molecule has 92 valence electrons. The first-order valence-electron chi connectivity index (χ1n) is 5.82. The Morgan fingerprint density at radius 3 is 2.00 bits per heavy atom. The summed E-state index contributed by atoms with van der Waals surface area (Å²) in [5.74, 6) is 0.956. The normalized spacial score (nSPS) is 31.8. The maximum atomic E-state index is 5.89. The van der Waals surface area contributed by atoms with Crippen molar-refractivity contribution < 1.29 is 0 Å². The summed E-state index contributed by atoms with van der Waals surface area (Å²) < 4.78 is 0. The Balaban J connectivity index is 0.000000980. The highest BCUT2D eigenvalue weighted by atomic mass is 35.5. The van der Waals surface area contributed by atoms with Gasteiger partial charge < -0.3 is 10.6 Å². The van der Waals surface area contributed by atoms with Crippen LogP contribution in [0.5, 0.6) is 0 Å². The lowest BCUT2D eigenvalue weighted by Gasteiger charge is -2.29. The first kappa shape index (κ1) is 15.5. The first-order valence-corrected chi connectivity index (χ1v) is 5.82. The molecular formula is C11H24Cl2N2. The van der Waals surface area contributed by atoms with Gasteiger partial charge in [0.15, 0.2) is 0 Å². The van der Waals surface area contributed by atoms with Gasteiger partial charge in [0.2, 0.25) is 0 Å². The van der Waals surface area contributed by atoms with Crippen LogP contribution in [0.15, 0.2) is 0 Å². The predicted octanol–water partition coefficient (Wildman–Crippen LogP) is 2.44. The third-order valence-electron chi connectivity index (χ3n) is 3.61. The van der Waals surface area contributed by atoms with E-state index in [-0.39, 0.29) is 24.8 Å². The minimum absolute atomic E-state index is 0. The van der Waals surface area contributed by atoms with Gasteiger partial charge in [0.1, 0.15) is 0 Å². The Hall–Kier alpha value is 0.500. The summed E-state index contributed by atoms with van der Waals surface area (Å²) in [5, 5.41) is 0. The molecule has 0 aromatic heterocycles. The third kappa shape index (κ3) is 4.90. The zero-order valence-corrected chi connectivity index (χ0v) is 11.0. The summed E-state index contributed by atoms with van der Waals surface area (Å²) in [6.45, 7) is 4.05. The average Bonchev–Trinajstić information content (AvgIpc) is 2.62. The Morgan fingerprint density at radius 1 is 0.933 bits per heavy atom. The molecule has 2 rings (SSSR count). The summed E-state index contributed by atoms with van der Waals surface area (Å²) in [6, 6.07) is 0.509. The number of likely N-dealkylation sites (tertiary alicyclic amines) is 1. The van der Waals surface area contributed by atoms with E-state index in [1.54, 1.807) is 0 Å². The molecule has 2 nitrogen and oxygen atoms in total. The summed E-state index contributed by atoms with van der Waals surface area (Å²) >= 11 is 0. The minimum Gasteiger partial charge on any atom is -0.328 e. The Kier molecular flexibility index (Phi) is 7.98. The van der Waals surface area contributed by atoms with Crippen LogP contribution in [-0.4, -0.2) is 30.6 Å². The largest absolute Gasteiger partial charge is 0.328 e. The summed E-state index contributed by atoms with van der Waals surface area (Å²) in [7, 11) is 0. The molecule has 0 bridgehead atoms. The van der Waals surface area contributed by atoms with E-state index in [0.29, 0.717) is 6.04 Å². The molecule has 0 aromatic rings. The van der Waals surface area contributed by atoms with Crippen LogP contribution < -0.4 is 5.73 Å². The molecular weight excluding hydrogens is 231 g/mol. The van der Waals surface area contributed by atoms with Gasteiger partial charge in [-0.05, 0) is 57.5 Å². The molecule has 1 saturated carbocycles. The Labute approximate surface area is 106 Å². The van der Waals surface area contributed by atoms with Gasteiger partial charge in [-0.1, -0.05) is 0 Å². The molecule has 2 fully saturated rings. The van der Waals surface area contributed by atoms with Gasteiger partial charge in [0, 0.05) is 12.6 Å². The van der Waals surface area contributed by atoms with Crippen LogP contribution in [0.25, 0.3) is 0 Å². The van der Waals surface area contributed by atoms with E-state index >= 15 is 0 Å². The molecule has 1 aliphatic heterocycles. The SMILES string of the molecule is Cl.Cl.N[C@H]1CC[C@H](CN2CCCC2)CC1. The third-order valence-corrected chi connectivity index (χ3v) is 3.61. The van der Waals surface area contributed by atoms with Crippen LogP contribution >= 0.6 is 24.8 Å². The fraction of sp³-hybridized carbons (Fsp3) is 1.00. The van der Waals surface area contributed by atoms with Gasteiger partial charge in [-0.2, -0.15) is 0 Å². The summed E-state index contributed by atoms with van der Waals surface area (Å²) in [5.41, 5.74) is 5.89. The van der Waals surface area contributed by atoms with Crippen molar-refractivity contribution in [2.75, 3.05) is 19.6 Å². The highest BCUT2D eigenvalue weighted by Gasteiger charge is 2.21. The van der Waals surface area contributed by atoms with Gasteiger partial charge in [0.05, 0.1) is 0 Å². The fourth-order valence-electron chi connectivity index (χ4n) is 2.70. The van der Waals surface area contributed by atoms with Crippen LogP contribution in [0.4, 0.5) is 0 Å². The van der Waals surface area contributed by atoms with E-state index in [9.17, 15) is 0 Å². The molecule has 1 saturated heterocycles. The zero-order chi connectivity index (χ0) is 9.10. The molecule has 4 heteroatoms. The van der Waals surface area contributed by atoms with Crippen LogP contribution in [-0.2, 0) is 0 Å². The standard InChI is InChI=1S/C11H22N2.2ClH/c12-11-5-3-10(4-6-11)9-13-7-1-2-8-13;;/h10-11H,1-9,12H2;2*1H/t10-,11-;;. The quantitative estimate of drug-likeness (QED) is 0.821. The van der Waals surface area contributed by atoms with E-state index in [1.807, 2.05) is 0 Å². The van der Waals surface area contributed by atoms with Crippen molar-refractivity contribution in [2.24, 2.45) is 11.7 Å². The number of nitrogens with two attached hydrogens (primary N) is 1. The average molecular weight is 255 g/mol. The number of rotatable bonds is 2. The molecule has 0 unspecified atom stereocenters. The van der Waals surface area contributed by atoms with Crippen molar-refractivity contribution in [1.82, 2.24) is 4.90 Å². The van der Waals surface area contributed by atoms with Crippen molar-refractivity contribution in [3.05, 3.63) is 0 Å². The molecule has 0 aromatic carbocycles. The van der Waals surface area contributed by atoms with Crippen molar-refractivity contribution in [3.8, 4) is 0 Å². The van der Waals surface area contributed by atoms with Gasteiger partial charge >= 0.3 is 0 Å². The minimum atomic E-state index is 0. The zero-order valence-electron chi connectivity index (χ0n) is 9.36. The molecule has 1 heterocycles. The summed E-state index contributed by atoms with van der Waals surface area (Å²) in [4.78, 5) is 2.64. The highest BCUT2D eigenvalue weighted by Crippen LogP contribution is 2.25. The van der Waals surface area contributed by atoms with Gasteiger partial charge in [0.25, 0.3) is 0 Å². The summed E-state index contributed by atoms with van der Waals surface area (Å²) in [6.07, 6.45) is 8.12. The lowest BCUT2D eigenvalue weighted by Crippen LogP contribution is -2.33. The van der Waals surface area contributed by atoms with Crippen molar-refractivity contribution >= 4 is 24.8 Å². The van der Waals surface area contributed by atoms with E-state index in [1.165, 1.54) is 58.2 Å². The monoisotopic (exact) mass is 254 g/mol. The van der Waals surface area contributed by atoms with Crippen LogP contribution in [0, 0.1) is 5.92 Å². The maximum Gasteiger partial charge on any atom is 0.00390 e. The fourth-order valence-corrected chi connectivity index (χ4v) is 2.70. The van der Waals surface area contributed by atoms with Crippen molar-refractivity contribution in [3.63, 3.8) is 0 Å². The Bertz CT molecular complexity index is 153. The van der Waals surface area contributed by atoms with Gasteiger partial charge in [-0.3, -0.25) is 0 Å². The van der Waals surface area contributed by atoms with E-state index in [0.717, 1.165) is 5.92 Å². The van der Waals surface area contributed by atoms with Gasteiger partial charge in [-0.25, -0.2) is 0 Å². The van der Waals surface area contributed by atoms with Gasteiger partial charge in [-0.15, -0.1) is 24.8 Å². The predicted molar refractivity (Wildman–Crippen MR) is 70.1 cm³/mol. The molecule has 2 aliphatic rings. The lowest BCUT2D eigenvalue weighted by molar-refractivity contribution is 0.224. The molecule has 1 aliphatic carbocycles. The van der Waals surface area contributed by atoms with Crippen molar-refractivity contribution in [1.29, 1.82) is 0 Å². The van der Waals surface area contributed by atoms with Crippen LogP contribution in [0.2, 0.25) is 0 Å². The highest BCUT2D eigenvalue weighted by molar-refractivity contribution is 5.85. The van der Waals surface area contributed by atoms with E-state index < -0.39 is 0 Å². The second-order valence-corrected chi connectivity index (χ2v) is 4.79. The van der Waals surface area contributed by atoms with Crippen LogP contribution in [0.3, 0.4) is 0 Å². The smallest absolute Gasteiger partial charge is 0.00390 e. The topological polar surface area (TPSA) is 29.3 Å². The first-order chi connectivity index (χ1) is 6.34. The molecule has 0 radical (unpaired) electrons. The molecule has 15 heavy (non-hydrogen) atoms. The maximum absolute atomic E-state index is 5.89. The number of nitrogens with zero attached hydrogens (tertiary/aromatic N) is 1.